The van der Waals surface area contributed by atoms with E-state index in [4.69, 9.17) is 9.47 Å². The molecule has 1 aromatic rings. The summed E-state index contributed by atoms with van der Waals surface area (Å²) in [5, 5.41) is 6.28. The van der Waals surface area contributed by atoms with E-state index in [-0.39, 0.29) is 11.9 Å². The zero-order valence-corrected chi connectivity index (χ0v) is 14.3. The number of carbonyl (C=O) groups is 1. The Morgan fingerprint density at radius 2 is 2.17 bits per heavy atom. The van der Waals surface area contributed by atoms with Crippen LogP contribution in [0.25, 0.3) is 0 Å². The maximum atomic E-state index is 12.2. The lowest BCUT2D eigenvalue weighted by Crippen LogP contribution is -2.43. The SMILES string of the molecule is O=C(CC1COCCN1)Nc1cccc(COC2CCCCC2)c1. The molecule has 1 heterocycles. The first-order valence-electron chi connectivity index (χ1n) is 9.11. The number of carbonyl (C=O) groups excluding carboxylic acids is 1. The lowest BCUT2D eigenvalue weighted by molar-refractivity contribution is -0.117. The Labute approximate surface area is 144 Å². The van der Waals surface area contributed by atoms with Crippen LogP contribution in [0.3, 0.4) is 0 Å². The van der Waals surface area contributed by atoms with Gasteiger partial charge in [-0.15, -0.1) is 0 Å². The molecule has 0 radical (unpaired) electrons. The highest BCUT2D eigenvalue weighted by atomic mass is 16.5. The lowest BCUT2D eigenvalue weighted by Gasteiger charge is -2.23. The van der Waals surface area contributed by atoms with E-state index in [9.17, 15) is 4.79 Å². The third kappa shape index (κ3) is 5.58. The maximum absolute atomic E-state index is 12.2. The second kappa shape index (κ2) is 9.16. The number of hydrogen-bond acceptors (Lipinski definition) is 4. The van der Waals surface area contributed by atoms with Crippen molar-refractivity contribution in [1.82, 2.24) is 5.32 Å². The molecule has 5 heteroatoms. The van der Waals surface area contributed by atoms with E-state index in [1.165, 1.54) is 32.1 Å². The summed E-state index contributed by atoms with van der Waals surface area (Å²) >= 11 is 0. The van der Waals surface area contributed by atoms with Crippen LogP contribution in [0, 0.1) is 0 Å². The van der Waals surface area contributed by atoms with Gasteiger partial charge in [0.2, 0.25) is 5.91 Å². The number of nitrogens with one attached hydrogen (secondary N) is 2. The summed E-state index contributed by atoms with van der Waals surface area (Å²) in [5.74, 6) is 0.0170. The summed E-state index contributed by atoms with van der Waals surface area (Å²) in [4.78, 5) is 12.2. The Morgan fingerprint density at radius 1 is 1.29 bits per heavy atom. The fourth-order valence-corrected chi connectivity index (χ4v) is 3.37. The first-order chi connectivity index (χ1) is 11.8. The molecule has 0 aromatic heterocycles. The number of amides is 1. The molecule has 1 saturated carbocycles. The van der Waals surface area contributed by atoms with Crippen LogP contribution in [0.2, 0.25) is 0 Å². The van der Waals surface area contributed by atoms with Gasteiger partial charge in [-0.05, 0) is 30.5 Å². The quantitative estimate of drug-likeness (QED) is 0.841. The third-order valence-electron chi connectivity index (χ3n) is 4.68. The molecule has 2 aliphatic rings. The number of rotatable bonds is 6. The topological polar surface area (TPSA) is 59.6 Å². The minimum atomic E-state index is 0.0170. The van der Waals surface area contributed by atoms with E-state index < -0.39 is 0 Å². The summed E-state index contributed by atoms with van der Waals surface area (Å²) in [7, 11) is 0. The minimum absolute atomic E-state index is 0.0170. The van der Waals surface area contributed by atoms with Gasteiger partial charge in [-0.2, -0.15) is 0 Å². The molecule has 0 bridgehead atoms. The molecular formula is C19H28N2O3. The fourth-order valence-electron chi connectivity index (χ4n) is 3.37. The predicted octanol–water partition coefficient (Wildman–Crippen LogP) is 2.85. The molecule has 1 aromatic carbocycles. The number of anilines is 1. The number of morpholine rings is 1. The Hall–Kier alpha value is -1.43. The molecular weight excluding hydrogens is 304 g/mol. The van der Waals surface area contributed by atoms with Crippen LogP contribution in [-0.2, 0) is 20.9 Å². The molecule has 1 amide bonds. The summed E-state index contributed by atoms with van der Waals surface area (Å²) in [5.41, 5.74) is 1.94. The molecule has 2 fully saturated rings. The molecule has 132 valence electrons. The average Bonchev–Trinajstić information content (AvgIpc) is 2.62. The molecule has 2 N–H and O–H groups in total. The highest BCUT2D eigenvalue weighted by molar-refractivity contribution is 5.91. The first-order valence-corrected chi connectivity index (χ1v) is 9.11. The van der Waals surface area contributed by atoms with E-state index in [0.29, 0.717) is 25.7 Å². The van der Waals surface area contributed by atoms with Crippen molar-refractivity contribution in [1.29, 1.82) is 0 Å². The van der Waals surface area contributed by atoms with Gasteiger partial charge in [-0.25, -0.2) is 0 Å². The maximum Gasteiger partial charge on any atom is 0.226 e. The minimum Gasteiger partial charge on any atom is -0.378 e. The van der Waals surface area contributed by atoms with Gasteiger partial charge < -0.3 is 20.1 Å². The van der Waals surface area contributed by atoms with E-state index in [0.717, 1.165) is 24.4 Å². The smallest absolute Gasteiger partial charge is 0.226 e. The van der Waals surface area contributed by atoms with Gasteiger partial charge >= 0.3 is 0 Å². The van der Waals surface area contributed by atoms with E-state index in [2.05, 4.69) is 16.7 Å². The fraction of sp³-hybridized carbons (Fsp3) is 0.632. The molecule has 1 aliphatic carbocycles. The van der Waals surface area contributed by atoms with Crippen LogP contribution in [0.1, 0.15) is 44.1 Å². The average molecular weight is 332 g/mol. The van der Waals surface area contributed by atoms with Gasteiger partial charge in [-0.1, -0.05) is 31.4 Å². The van der Waals surface area contributed by atoms with Crippen LogP contribution < -0.4 is 10.6 Å². The van der Waals surface area contributed by atoms with Crippen molar-refractivity contribution < 1.29 is 14.3 Å². The Kier molecular flexibility index (Phi) is 6.64. The van der Waals surface area contributed by atoms with Gasteiger partial charge in [-0.3, -0.25) is 4.79 Å². The van der Waals surface area contributed by atoms with Gasteiger partial charge in [0.15, 0.2) is 0 Å². The lowest BCUT2D eigenvalue weighted by atomic mass is 9.98. The molecule has 3 rings (SSSR count). The molecule has 1 saturated heterocycles. The van der Waals surface area contributed by atoms with Crippen LogP contribution >= 0.6 is 0 Å². The number of hydrogen-bond donors (Lipinski definition) is 2. The first kappa shape index (κ1) is 17.4. The summed E-state index contributed by atoms with van der Waals surface area (Å²) in [6.45, 7) is 2.75. The van der Waals surface area contributed by atoms with Crippen molar-refractivity contribution in [2.75, 3.05) is 25.1 Å². The van der Waals surface area contributed by atoms with Crippen molar-refractivity contribution >= 4 is 11.6 Å². The molecule has 0 spiro atoms. The van der Waals surface area contributed by atoms with E-state index in [1.54, 1.807) is 0 Å². The van der Waals surface area contributed by atoms with Crippen LogP contribution in [-0.4, -0.2) is 37.8 Å². The number of ether oxygens (including phenoxy) is 2. The van der Waals surface area contributed by atoms with Crippen LogP contribution in [0.5, 0.6) is 0 Å². The molecule has 1 atom stereocenters. The van der Waals surface area contributed by atoms with Gasteiger partial charge in [0.25, 0.3) is 0 Å². The van der Waals surface area contributed by atoms with Gasteiger partial charge in [0, 0.05) is 24.7 Å². The third-order valence-corrected chi connectivity index (χ3v) is 4.68. The van der Waals surface area contributed by atoms with Crippen molar-refractivity contribution in [2.45, 2.75) is 57.3 Å². The van der Waals surface area contributed by atoms with Gasteiger partial charge in [0.1, 0.15) is 0 Å². The Morgan fingerprint density at radius 3 is 2.96 bits per heavy atom. The zero-order chi connectivity index (χ0) is 16.6. The normalized spacial score (nSPS) is 22.2. The largest absolute Gasteiger partial charge is 0.378 e. The Bertz CT molecular complexity index is 523. The van der Waals surface area contributed by atoms with E-state index >= 15 is 0 Å². The second-order valence-electron chi connectivity index (χ2n) is 6.75. The predicted molar refractivity (Wildman–Crippen MR) is 94.0 cm³/mol. The van der Waals surface area contributed by atoms with E-state index in [1.807, 2.05) is 18.2 Å². The van der Waals surface area contributed by atoms with Crippen LogP contribution in [0.15, 0.2) is 24.3 Å². The standard InChI is InChI=1S/C19H28N2O3/c22-19(12-17-14-23-10-9-20-17)21-16-6-4-5-15(11-16)13-24-18-7-2-1-3-8-18/h4-6,11,17-18,20H,1-3,7-10,12-14H2,(H,21,22). The molecule has 5 nitrogen and oxygen atoms in total. The van der Waals surface area contributed by atoms with Crippen molar-refractivity contribution in [3.05, 3.63) is 29.8 Å². The second-order valence-corrected chi connectivity index (χ2v) is 6.75. The summed E-state index contributed by atoms with van der Waals surface area (Å²) in [6.07, 6.45) is 7.07. The molecule has 24 heavy (non-hydrogen) atoms. The summed E-state index contributed by atoms with van der Waals surface area (Å²) < 4.78 is 11.4. The highest BCUT2D eigenvalue weighted by Crippen LogP contribution is 2.22. The summed E-state index contributed by atoms with van der Waals surface area (Å²) in [6, 6.07) is 8.06. The zero-order valence-electron chi connectivity index (χ0n) is 14.3. The number of benzene rings is 1. The van der Waals surface area contributed by atoms with Crippen molar-refractivity contribution in [3.8, 4) is 0 Å². The Balaban J connectivity index is 1.46. The highest BCUT2D eigenvalue weighted by Gasteiger charge is 2.17. The monoisotopic (exact) mass is 332 g/mol. The van der Waals surface area contributed by atoms with Crippen molar-refractivity contribution in [3.63, 3.8) is 0 Å². The van der Waals surface area contributed by atoms with Gasteiger partial charge in [0.05, 0.1) is 25.9 Å². The van der Waals surface area contributed by atoms with Crippen molar-refractivity contribution in [2.24, 2.45) is 0 Å². The molecule has 1 aliphatic heterocycles. The molecule has 1 unspecified atom stereocenters. The van der Waals surface area contributed by atoms with Crippen LogP contribution in [0.4, 0.5) is 5.69 Å².